The van der Waals surface area contributed by atoms with Gasteiger partial charge in [0, 0.05) is 31.6 Å². The Morgan fingerprint density at radius 3 is 2.22 bits per heavy atom. The van der Waals surface area contributed by atoms with Crippen molar-refractivity contribution in [2.45, 2.75) is 69.0 Å². The molecule has 1 fully saturated rings. The van der Waals surface area contributed by atoms with Crippen LogP contribution in [0.25, 0.3) is 0 Å². The molecule has 3 aromatic carbocycles. The molecular formula is C32H38FN3O4S. The van der Waals surface area contributed by atoms with E-state index in [1.54, 1.807) is 30.3 Å². The first-order valence-electron chi connectivity index (χ1n) is 14.1. The van der Waals surface area contributed by atoms with E-state index in [9.17, 15) is 22.4 Å². The number of sulfonamides is 1. The van der Waals surface area contributed by atoms with Gasteiger partial charge in [-0.15, -0.1) is 0 Å². The molecule has 0 heterocycles. The van der Waals surface area contributed by atoms with Crippen molar-refractivity contribution in [3.63, 3.8) is 0 Å². The highest BCUT2D eigenvalue weighted by Crippen LogP contribution is 2.21. The second kappa shape index (κ2) is 13.9. The fourth-order valence-electron chi connectivity index (χ4n) is 5.16. The summed E-state index contributed by atoms with van der Waals surface area (Å²) in [5.74, 6) is -1.42. The predicted octanol–water partition coefficient (Wildman–Crippen LogP) is 4.84. The lowest BCUT2D eigenvalue weighted by Crippen LogP contribution is -2.54. The highest BCUT2D eigenvalue weighted by atomic mass is 32.2. The molecule has 3 aromatic rings. The van der Waals surface area contributed by atoms with Crippen LogP contribution in [-0.4, -0.2) is 55.1 Å². The average Bonchev–Trinajstić information content (AvgIpc) is 2.97. The molecule has 218 valence electrons. The summed E-state index contributed by atoms with van der Waals surface area (Å²) < 4.78 is 42.4. The van der Waals surface area contributed by atoms with Crippen LogP contribution in [0.3, 0.4) is 0 Å². The summed E-state index contributed by atoms with van der Waals surface area (Å²) in [6, 6.07) is 20.9. The van der Waals surface area contributed by atoms with Crippen molar-refractivity contribution < 1.29 is 22.4 Å². The molecule has 4 rings (SSSR count). The van der Waals surface area contributed by atoms with E-state index in [1.165, 1.54) is 30.1 Å². The molecule has 7 nitrogen and oxygen atoms in total. The van der Waals surface area contributed by atoms with Crippen LogP contribution in [0.2, 0.25) is 0 Å². The molecule has 1 atom stereocenters. The second-order valence-electron chi connectivity index (χ2n) is 10.7. The van der Waals surface area contributed by atoms with E-state index in [4.69, 9.17) is 0 Å². The van der Waals surface area contributed by atoms with E-state index in [2.05, 4.69) is 5.32 Å². The van der Waals surface area contributed by atoms with Crippen LogP contribution in [0.4, 0.5) is 4.39 Å². The van der Waals surface area contributed by atoms with Crippen molar-refractivity contribution in [3.8, 4) is 0 Å². The highest BCUT2D eigenvalue weighted by Gasteiger charge is 2.34. The second-order valence-corrected chi connectivity index (χ2v) is 12.8. The summed E-state index contributed by atoms with van der Waals surface area (Å²) in [5, 5.41) is 3.13. The lowest BCUT2D eigenvalue weighted by molar-refractivity contribution is -0.141. The van der Waals surface area contributed by atoms with Crippen LogP contribution in [-0.2, 0) is 32.6 Å². The van der Waals surface area contributed by atoms with Gasteiger partial charge in [-0.2, -0.15) is 4.31 Å². The van der Waals surface area contributed by atoms with Gasteiger partial charge in [-0.3, -0.25) is 9.59 Å². The maximum atomic E-state index is 14.8. The zero-order chi connectivity index (χ0) is 29.4. The smallest absolute Gasteiger partial charge is 0.243 e. The van der Waals surface area contributed by atoms with Gasteiger partial charge >= 0.3 is 0 Å². The molecule has 1 aliphatic rings. The third-order valence-corrected chi connectivity index (χ3v) is 9.43. The van der Waals surface area contributed by atoms with Crippen molar-refractivity contribution in [1.29, 1.82) is 0 Å². The molecule has 0 radical (unpaired) electrons. The van der Waals surface area contributed by atoms with Crippen LogP contribution in [0, 0.1) is 12.7 Å². The van der Waals surface area contributed by atoms with Gasteiger partial charge in [-0.1, -0.05) is 85.5 Å². The monoisotopic (exact) mass is 579 g/mol. The summed E-state index contributed by atoms with van der Waals surface area (Å²) in [6.07, 6.45) is 5.10. The number of hydrogen-bond donors (Lipinski definition) is 1. The fourth-order valence-corrected chi connectivity index (χ4v) is 6.29. The van der Waals surface area contributed by atoms with Gasteiger partial charge in [-0.05, 0) is 43.5 Å². The molecule has 0 unspecified atom stereocenters. The number of halogens is 1. The third kappa shape index (κ3) is 8.01. The molecule has 1 N–H and O–H groups in total. The number of amides is 2. The SMILES string of the molecule is Cc1ccc(S(=O)(=O)N(C)CC(=O)N(Cc2ccccc2F)[C@@H](Cc2ccccc2)C(=O)NC2CCCCC2)cc1. The molecule has 1 aliphatic carbocycles. The first-order valence-corrected chi connectivity index (χ1v) is 15.5. The number of nitrogens with zero attached hydrogens (tertiary/aromatic N) is 2. The Balaban J connectivity index is 1.66. The lowest BCUT2D eigenvalue weighted by atomic mass is 9.94. The minimum absolute atomic E-state index is 0.00419. The number of aryl methyl sites for hydroxylation is 1. The maximum absolute atomic E-state index is 14.8. The van der Waals surface area contributed by atoms with E-state index in [0.29, 0.717) is 0 Å². The van der Waals surface area contributed by atoms with Crippen molar-refractivity contribution in [3.05, 3.63) is 101 Å². The van der Waals surface area contributed by atoms with Gasteiger partial charge in [0.25, 0.3) is 0 Å². The van der Waals surface area contributed by atoms with E-state index in [-0.39, 0.29) is 35.4 Å². The number of carbonyl (C=O) groups is 2. The summed E-state index contributed by atoms with van der Waals surface area (Å²) >= 11 is 0. The van der Waals surface area contributed by atoms with Crippen molar-refractivity contribution in [2.75, 3.05) is 13.6 Å². The Morgan fingerprint density at radius 1 is 0.927 bits per heavy atom. The summed E-state index contributed by atoms with van der Waals surface area (Å²) in [4.78, 5) is 29.2. The molecule has 41 heavy (non-hydrogen) atoms. The normalized spacial score (nSPS) is 14.9. The van der Waals surface area contributed by atoms with Crippen LogP contribution in [0.1, 0.15) is 48.8 Å². The largest absolute Gasteiger partial charge is 0.352 e. The van der Waals surface area contributed by atoms with Gasteiger partial charge in [0.05, 0.1) is 11.4 Å². The average molecular weight is 580 g/mol. The number of rotatable bonds is 11. The van der Waals surface area contributed by atoms with E-state index in [0.717, 1.165) is 47.5 Å². The highest BCUT2D eigenvalue weighted by molar-refractivity contribution is 7.89. The summed E-state index contributed by atoms with van der Waals surface area (Å²) in [5.41, 5.74) is 1.99. The molecule has 0 aromatic heterocycles. The number of benzene rings is 3. The number of nitrogens with one attached hydrogen (secondary N) is 1. The molecule has 9 heteroatoms. The standard InChI is InChI=1S/C32H38FN3O4S/c1-24-17-19-28(20-18-24)41(39,40)35(2)23-31(37)36(22-26-13-9-10-16-29(26)33)30(21-25-11-5-3-6-12-25)32(38)34-27-14-7-4-8-15-27/h3,5-6,9-13,16-20,27,30H,4,7-8,14-15,21-23H2,1-2H3,(H,34,38)/t30-/m0/s1. The predicted molar refractivity (Wildman–Crippen MR) is 157 cm³/mol. The van der Waals surface area contributed by atoms with E-state index >= 15 is 0 Å². The Hall–Kier alpha value is -3.56. The van der Waals surface area contributed by atoms with Gasteiger partial charge in [-0.25, -0.2) is 12.8 Å². The summed E-state index contributed by atoms with van der Waals surface area (Å²) in [6.45, 7) is 1.17. The molecule has 0 spiro atoms. The van der Waals surface area contributed by atoms with E-state index in [1.807, 2.05) is 37.3 Å². The Morgan fingerprint density at radius 2 is 1.56 bits per heavy atom. The minimum atomic E-state index is -3.98. The van der Waals surface area contributed by atoms with Crippen molar-refractivity contribution in [1.82, 2.24) is 14.5 Å². The first kappa shape index (κ1) is 30.4. The molecular weight excluding hydrogens is 541 g/mol. The lowest BCUT2D eigenvalue weighted by Gasteiger charge is -2.34. The molecule has 0 saturated heterocycles. The topological polar surface area (TPSA) is 86.8 Å². The van der Waals surface area contributed by atoms with Gasteiger partial charge in [0.15, 0.2) is 0 Å². The molecule has 0 bridgehead atoms. The van der Waals surface area contributed by atoms with Crippen LogP contribution in [0.5, 0.6) is 0 Å². The Bertz CT molecular complexity index is 1420. The Labute approximate surface area is 242 Å². The third-order valence-electron chi connectivity index (χ3n) is 7.61. The van der Waals surface area contributed by atoms with Crippen molar-refractivity contribution >= 4 is 21.8 Å². The van der Waals surface area contributed by atoms with Crippen LogP contribution in [0.15, 0.2) is 83.8 Å². The van der Waals surface area contributed by atoms with Gasteiger partial charge in [0.1, 0.15) is 11.9 Å². The van der Waals surface area contributed by atoms with Crippen molar-refractivity contribution in [2.24, 2.45) is 0 Å². The summed E-state index contributed by atoms with van der Waals surface area (Å²) in [7, 11) is -2.65. The number of hydrogen-bond acceptors (Lipinski definition) is 4. The van der Waals surface area contributed by atoms with Gasteiger partial charge in [0.2, 0.25) is 21.8 Å². The van der Waals surface area contributed by atoms with Gasteiger partial charge < -0.3 is 10.2 Å². The maximum Gasteiger partial charge on any atom is 0.243 e. The zero-order valence-corrected chi connectivity index (χ0v) is 24.4. The molecule has 0 aliphatic heterocycles. The minimum Gasteiger partial charge on any atom is -0.352 e. The Kier molecular flexibility index (Phi) is 10.3. The fraction of sp³-hybridized carbons (Fsp3) is 0.375. The first-order chi connectivity index (χ1) is 19.6. The molecule has 2 amide bonds. The zero-order valence-electron chi connectivity index (χ0n) is 23.6. The number of likely N-dealkylation sites (N-methyl/N-ethyl adjacent to an activating group) is 1. The number of carbonyl (C=O) groups excluding carboxylic acids is 2. The van der Waals surface area contributed by atoms with Crippen LogP contribution >= 0.6 is 0 Å². The van der Waals surface area contributed by atoms with E-state index < -0.39 is 34.3 Å². The van der Waals surface area contributed by atoms with Crippen LogP contribution < -0.4 is 5.32 Å². The molecule has 1 saturated carbocycles. The quantitative estimate of drug-likeness (QED) is 0.352.